The summed E-state index contributed by atoms with van der Waals surface area (Å²) >= 11 is 6.93. The number of alkyl halides is 2. The van der Waals surface area contributed by atoms with Crippen LogP contribution in [0.4, 0.5) is 0 Å². The van der Waals surface area contributed by atoms with Gasteiger partial charge in [0, 0.05) is 16.1 Å². The summed E-state index contributed by atoms with van der Waals surface area (Å²) in [5.74, 6) is 1.41. The maximum Gasteiger partial charge on any atom is 0.133 e. The lowest BCUT2D eigenvalue weighted by atomic mass is 10.1. The highest BCUT2D eigenvalue weighted by molar-refractivity contribution is 9.12. The second kappa shape index (κ2) is 4.04. The van der Waals surface area contributed by atoms with E-state index < -0.39 is 0 Å². The fourth-order valence-electron chi connectivity index (χ4n) is 1.40. The number of hydrogen-bond donors (Lipinski definition) is 0. The summed E-state index contributed by atoms with van der Waals surface area (Å²) in [6.07, 6.45) is 2.25. The number of halogens is 2. The van der Waals surface area contributed by atoms with E-state index >= 15 is 0 Å². The van der Waals surface area contributed by atoms with E-state index in [1.165, 1.54) is 0 Å². The topological polar surface area (TPSA) is 17.1 Å². The van der Waals surface area contributed by atoms with Crippen LogP contribution in [0.2, 0.25) is 0 Å². The fourth-order valence-corrected chi connectivity index (χ4v) is 2.14. The maximum atomic E-state index is 10.9. The Hall–Kier alpha value is 0.630. The largest absolute Gasteiger partial charge is 0.300 e. The summed E-state index contributed by atoms with van der Waals surface area (Å²) in [5, 5.41) is 0.980. The third kappa shape index (κ3) is 2.86. The molecule has 1 saturated carbocycles. The first-order valence-corrected chi connectivity index (χ1v) is 5.89. The van der Waals surface area contributed by atoms with Crippen molar-refractivity contribution in [1.82, 2.24) is 0 Å². The first kappa shape index (κ1) is 9.72. The Morgan fingerprint density at radius 2 is 2.36 bits per heavy atom. The molecule has 0 bridgehead atoms. The fraction of sp³-hybridized carbons (Fsp3) is 0.875. The van der Waals surface area contributed by atoms with Crippen LogP contribution in [0.1, 0.15) is 19.8 Å². The van der Waals surface area contributed by atoms with Crippen LogP contribution in [0.15, 0.2) is 0 Å². The van der Waals surface area contributed by atoms with Crippen LogP contribution < -0.4 is 0 Å². The lowest BCUT2D eigenvalue weighted by Gasteiger charge is -2.02. The van der Waals surface area contributed by atoms with Crippen molar-refractivity contribution in [2.75, 3.05) is 5.33 Å². The van der Waals surface area contributed by atoms with Gasteiger partial charge >= 0.3 is 0 Å². The molecule has 3 atom stereocenters. The molecular formula is C8H12Br2O. The van der Waals surface area contributed by atoms with E-state index in [9.17, 15) is 4.79 Å². The molecule has 0 spiro atoms. The molecule has 1 aliphatic carbocycles. The van der Waals surface area contributed by atoms with Crippen LogP contribution in [-0.2, 0) is 4.79 Å². The van der Waals surface area contributed by atoms with Crippen LogP contribution >= 0.6 is 31.9 Å². The van der Waals surface area contributed by atoms with Gasteiger partial charge in [0.1, 0.15) is 5.78 Å². The van der Waals surface area contributed by atoms with Crippen LogP contribution in [-0.4, -0.2) is 15.9 Å². The van der Waals surface area contributed by atoms with Gasteiger partial charge in [0.05, 0.1) is 0 Å². The Balaban J connectivity index is 2.18. The Morgan fingerprint density at radius 3 is 2.73 bits per heavy atom. The zero-order valence-corrected chi connectivity index (χ0v) is 9.69. The molecular weight excluding hydrogens is 272 g/mol. The second-order valence-corrected chi connectivity index (χ2v) is 5.14. The first-order valence-electron chi connectivity index (χ1n) is 3.85. The summed E-state index contributed by atoms with van der Waals surface area (Å²) in [6.45, 7) is 1.70. The molecule has 11 heavy (non-hydrogen) atoms. The standard InChI is InChI=1S/C8H12Br2O/c1-5(11)8-3-6(8)2-7(10)4-9/h6-8H,2-4H2,1H3/t6-,7-,8+/m1/s1. The van der Waals surface area contributed by atoms with Gasteiger partial charge in [-0.05, 0) is 25.7 Å². The molecule has 1 rings (SSSR count). The summed E-state index contributed by atoms with van der Waals surface area (Å²) < 4.78 is 0. The number of carbonyl (C=O) groups excluding carboxylic acids is 1. The second-order valence-electron chi connectivity index (χ2n) is 3.20. The average molecular weight is 284 g/mol. The van der Waals surface area contributed by atoms with Crippen molar-refractivity contribution in [3.8, 4) is 0 Å². The monoisotopic (exact) mass is 282 g/mol. The maximum absolute atomic E-state index is 10.9. The SMILES string of the molecule is CC(=O)[C@@H]1C[C@H]1C[C@@H](Br)CBr. The smallest absolute Gasteiger partial charge is 0.133 e. The van der Waals surface area contributed by atoms with E-state index in [0.717, 1.165) is 18.2 Å². The quantitative estimate of drug-likeness (QED) is 0.725. The molecule has 0 heterocycles. The normalized spacial score (nSPS) is 31.5. The minimum Gasteiger partial charge on any atom is -0.300 e. The van der Waals surface area contributed by atoms with Crippen LogP contribution in [0, 0.1) is 11.8 Å². The molecule has 0 amide bonds. The van der Waals surface area contributed by atoms with Gasteiger partial charge in [-0.3, -0.25) is 4.79 Å². The van der Waals surface area contributed by atoms with E-state index in [-0.39, 0.29) is 0 Å². The first-order chi connectivity index (χ1) is 5.15. The predicted octanol–water partition coefficient (Wildman–Crippen LogP) is 2.76. The van der Waals surface area contributed by atoms with Crippen molar-refractivity contribution in [2.45, 2.75) is 24.6 Å². The lowest BCUT2D eigenvalue weighted by molar-refractivity contribution is -0.118. The predicted molar refractivity (Wildman–Crippen MR) is 53.4 cm³/mol. The van der Waals surface area contributed by atoms with Gasteiger partial charge in [-0.1, -0.05) is 31.9 Å². The van der Waals surface area contributed by atoms with Gasteiger partial charge < -0.3 is 0 Å². The zero-order chi connectivity index (χ0) is 8.43. The van der Waals surface area contributed by atoms with Gasteiger partial charge in [0.15, 0.2) is 0 Å². The molecule has 0 aromatic rings. The highest BCUT2D eigenvalue weighted by atomic mass is 79.9. The van der Waals surface area contributed by atoms with E-state index in [4.69, 9.17) is 0 Å². The molecule has 0 aromatic heterocycles. The molecule has 64 valence electrons. The summed E-state index contributed by atoms with van der Waals surface area (Å²) in [5.41, 5.74) is 0. The Labute approximate surface area is 84.2 Å². The number of hydrogen-bond acceptors (Lipinski definition) is 1. The van der Waals surface area contributed by atoms with Crippen molar-refractivity contribution in [3.63, 3.8) is 0 Å². The van der Waals surface area contributed by atoms with Gasteiger partial charge in [0.25, 0.3) is 0 Å². The summed E-state index contributed by atoms with van der Waals surface area (Å²) in [4.78, 5) is 11.4. The molecule has 1 aliphatic rings. The zero-order valence-electron chi connectivity index (χ0n) is 6.52. The highest BCUT2D eigenvalue weighted by Gasteiger charge is 2.40. The van der Waals surface area contributed by atoms with Crippen molar-refractivity contribution in [2.24, 2.45) is 11.8 Å². The number of carbonyl (C=O) groups is 1. The molecule has 0 unspecified atom stereocenters. The van der Waals surface area contributed by atoms with Crippen molar-refractivity contribution in [1.29, 1.82) is 0 Å². The molecule has 0 aromatic carbocycles. The van der Waals surface area contributed by atoms with Gasteiger partial charge in [-0.15, -0.1) is 0 Å². The number of ketones is 1. The van der Waals surface area contributed by atoms with E-state index in [1.54, 1.807) is 6.92 Å². The van der Waals surface area contributed by atoms with Gasteiger partial charge in [-0.2, -0.15) is 0 Å². The molecule has 0 radical (unpaired) electrons. The molecule has 0 N–H and O–H groups in total. The van der Waals surface area contributed by atoms with Crippen LogP contribution in [0.5, 0.6) is 0 Å². The van der Waals surface area contributed by atoms with Crippen LogP contribution in [0.25, 0.3) is 0 Å². The third-order valence-corrected chi connectivity index (χ3v) is 4.52. The molecule has 1 fully saturated rings. The molecule has 0 aliphatic heterocycles. The van der Waals surface area contributed by atoms with Gasteiger partial charge in [0.2, 0.25) is 0 Å². The Bertz CT molecular complexity index is 158. The van der Waals surface area contributed by atoms with Crippen molar-refractivity contribution in [3.05, 3.63) is 0 Å². The van der Waals surface area contributed by atoms with Crippen molar-refractivity contribution >= 4 is 37.6 Å². The molecule has 1 nitrogen and oxygen atoms in total. The molecule has 0 saturated heterocycles. The Kier molecular flexibility index (Phi) is 3.56. The minimum atomic E-state index is 0.365. The summed E-state index contributed by atoms with van der Waals surface area (Å²) in [7, 11) is 0. The lowest BCUT2D eigenvalue weighted by Crippen LogP contribution is -2.03. The van der Waals surface area contributed by atoms with Gasteiger partial charge in [-0.25, -0.2) is 0 Å². The van der Waals surface area contributed by atoms with E-state index in [2.05, 4.69) is 31.9 Å². The molecule has 3 heteroatoms. The third-order valence-electron chi connectivity index (χ3n) is 2.17. The number of Topliss-reactive ketones (excluding diaryl/α,β-unsaturated/α-hetero) is 1. The van der Waals surface area contributed by atoms with E-state index in [0.29, 0.717) is 22.4 Å². The van der Waals surface area contributed by atoms with E-state index in [1.807, 2.05) is 0 Å². The highest BCUT2D eigenvalue weighted by Crippen LogP contribution is 2.43. The number of rotatable bonds is 4. The average Bonchev–Trinajstić information content (AvgIpc) is 2.67. The van der Waals surface area contributed by atoms with Crippen LogP contribution in [0.3, 0.4) is 0 Å². The summed E-state index contributed by atoms with van der Waals surface area (Å²) in [6, 6.07) is 0. The minimum absolute atomic E-state index is 0.365. The van der Waals surface area contributed by atoms with Crippen molar-refractivity contribution < 1.29 is 4.79 Å². The Morgan fingerprint density at radius 1 is 1.73 bits per heavy atom.